The second-order valence-corrected chi connectivity index (χ2v) is 4.13. The van der Waals surface area contributed by atoms with E-state index in [1.54, 1.807) is 19.4 Å². The Labute approximate surface area is 108 Å². The molecule has 0 saturated carbocycles. The molecule has 100 valence electrons. The summed E-state index contributed by atoms with van der Waals surface area (Å²) >= 11 is 0. The number of methoxy groups -OCH3 is 1. The Morgan fingerprint density at radius 1 is 1.56 bits per heavy atom. The number of aromatic nitrogens is 1. The van der Waals surface area contributed by atoms with E-state index >= 15 is 0 Å². The average Bonchev–Trinajstić information content (AvgIpc) is 2.39. The van der Waals surface area contributed by atoms with Crippen molar-refractivity contribution in [2.75, 3.05) is 25.6 Å². The molecule has 1 aromatic rings. The summed E-state index contributed by atoms with van der Waals surface area (Å²) in [7, 11) is 1.65. The van der Waals surface area contributed by atoms with E-state index in [2.05, 4.69) is 15.6 Å². The molecule has 0 aliphatic rings. The predicted octanol–water partition coefficient (Wildman–Crippen LogP) is 1.67. The van der Waals surface area contributed by atoms with Gasteiger partial charge >= 0.3 is 0 Å². The van der Waals surface area contributed by atoms with Crippen LogP contribution in [0.3, 0.4) is 0 Å². The molecule has 0 aliphatic heterocycles. The third-order valence-electron chi connectivity index (χ3n) is 2.62. The van der Waals surface area contributed by atoms with Gasteiger partial charge in [-0.2, -0.15) is 0 Å². The van der Waals surface area contributed by atoms with Crippen molar-refractivity contribution in [3.8, 4) is 0 Å². The highest BCUT2D eigenvalue weighted by molar-refractivity contribution is 5.93. The van der Waals surface area contributed by atoms with Crippen LogP contribution in [-0.4, -0.2) is 37.2 Å². The first kappa shape index (κ1) is 14.4. The van der Waals surface area contributed by atoms with Crippen LogP contribution in [0.1, 0.15) is 30.8 Å². The minimum absolute atomic E-state index is 0.139. The molecule has 0 aromatic carbocycles. The van der Waals surface area contributed by atoms with Crippen LogP contribution in [0.25, 0.3) is 0 Å². The summed E-state index contributed by atoms with van der Waals surface area (Å²) in [6.07, 6.45) is 2.53. The summed E-state index contributed by atoms with van der Waals surface area (Å²) in [5.74, 6) is -0.139. The van der Waals surface area contributed by atoms with E-state index in [0.717, 1.165) is 12.1 Å². The molecule has 18 heavy (non-hydrogen) atoms. The number of ether oxygens (including phenoxy) is 1. The summed E-state index contributed by atoms with van der Waals surface area (Å²) in [4.78, 5) is 15.9. The fourth-order valence-electron chi connectivity index (χ4n) is 1.36. The van der Waals surface area contributed by atoms with Crippen LogP contribution in [0.2, 0.25) is 0 Å². The maximum absolute atomic E-state index is 11.9. The second kappa shape index (κ2) is 7.66. The highest BCUT2D eigenvalue weighted by Gasteiger charge is 2.10. The van der Waals surface area contributed by atoms with E-state index in [1.807, 2.05) is 19.9 Å². The molecule has 0 bridgehead atoms. The zero-order valence-corrected chi connectivity index (χ0v) is 11.2. The highest BCUT2D eigenvalue weighted by Crippen LogP contribution is 2.08. The van der Waals surface area contributed by atoms with Gasteiger partial charge in [0.05, 0.1) is 6.61 Å². The zero-order chi connectivity index (χ0) is 13.4. The monoisotopic (exact) mass is 251 g/mol. The van der Waals surface area contributed by atoms with Crippen molar-refractivity contribution in [2.45, 2.75) is 26.3 Å². The Balaban J connectivity index is 2.60. The van der Waals surface area contributed by atoms with Gasteiger partial charge in [-0.1, -0.05) is 6.92 Å². The van der Waals surface area contributed by atoms with Gasteiger partial charge in [-0.25, -0.2) is 0 Å². The number of rotatable bonds is 7. The van der Waals surface area contributed by atoms with Gasteiger partial charge in [0.1, 0.15) is 5.69 Å². The first-order chi connectivity index (χ1) is 8.67. The SMILES string of the molecule is CCC(C)NC(=O)c1cc(NCCOC)ccn1. The fraction of sp³-hybridized carbons (Fsp3) is 0.538. The number of carbonyl (C=O) groups is 1. The van der Waals surface area contributed by atoms with E-state index in [4.69, 9.17) is 4.74 Å². The number of nitrogens with one attached hydrogen (secondary N) is 2. The maximum Gasteiger partial charge on any atom is 0.270 e. The fourth-order valence-corrected chi connectivity index (χ4v) is 1.36. The molecule has 2 N–H and O–H groups in total. The predicted molar refractivity (Wildman–Crippen MR) is 71.8 cm³/mol. The van der Waals surface area contributed by atoms with Gasteiger partial charge in [0, 0.05) is 31.6 Å². The second-order valence-electron chi connectivity index (χ2n) is 4.13. The van der Waals surface area contributed by atoms with E-state index < -0.39 is 0 Å². The number of anilines is 1. The lowest BCUT2D eigenvalue weighted by Gasteiger charge is -2.11. The standard InChI is InChI=1S/C13H21N3O2/c1-4-10(2)16-13(17)12-9-11(5-6-15-12)14-7-8-18-3/h5-6,9-10H,4,7-8H2,1-3H3,(H,14,15)(H,16,17). The third-order valence-corrected chi connectivity index (χ3v) is 2.62. The Morgan fingerprint density at radius 3 is 3.00 bits per heavy atom. The molecule has 1 aromatic heterocycles. The third kappa shape index (κ3) is 4.71. The molecule has 0 fully saturated rings. The van der Waals surface area contributed by atoms with Crippen molar-refractivity contribution in [1.29, 1.82) is 0 Å². The molecule has 1 heterocycles. The van der Waals surface area contributed by atoms with E-state index in [-0.39, 0.29) is 11.9 Å². The van der Waals surface area contributed by atoms with Crippen molar-refractivity contribution >= 4 is 11.6 Å². The number of amides is 1. The first-order valence-corrected chi connectivity index (χ1v) is 6.17. The number of nitrogens with zero attached hydrogens (tertiary/aromatic N) is 1. The molecule has 1 unspecified atom stereocenters. The minimum Gasteiger partial charge on any atom is -0.383 e. The van der Waals surface area contributed by atoms with Gasteiger partial charge in [-0.15, -0.1) is 0 Å². The lowest BCUT2D eigenvalue weighted by atomic mass is 10.2. The maximum atomic E-state index is 11.9. The highest BCUT2D eigenvalue weighted by atomic mass is 16.5. The van der Waals surface area contributed by atoms with Gasteiger partial charge in [-0.05, 0) is 25.5 Å². The molecular formula is C13H21N3O2. The van der Waals surface area contributed by atoms with Crippen LogP contribution in [0.5, 0.6) is 0 Å². The zero-order valence-electron chi connectivity index (χ0n) is 11.2. The van der Waals surface area contributed by atoms with Gasteiger partial charge in [0.2, 0.25) is 0 Å². The number of hydrogen-bond donors (Lipinski definition) is 2. The van der Waals surface area contributed by atoms with Gasteiger partial charge in [0.15, 0.2) is 0 Å². The Hall–Kier alpha value is -1.62. The van der Waals surface area contributed by atoms with Crippen molar-refractivity contribution < 1.29 is 9.53 Å². The van der Waals surface area contributed by atoms with E-state index in [1.165, 1.54) is 0 Å². The van der Waals surface area contributed by atoms with Crippen LogP contribution in [-0.2, 0) is 4.74 Å². The normalized spacial score (nSPS) is 11.9. The quantitative estimate of drug-likeness (QED) is 0.724. The smallest absolute Gasteiger partial charge is 0.270 e. The minimum atomic E-state index is -0.139. The Kier molecular flexibility index (Phi) is 6.14. The Morgan fingerprint density at radius 2 is 2.33 bits per heavy atom. The molecule has 5 nitrogen and oxygen atoms in total. The van der Waals surface area contributed by atoms with Crippen LogP contribution in [0, 0.1) is 0 Å². The number of hydrogen-bond acceptors (Lipinski definition) is 4. The topological polar surface area (TPSA) is 63.2 Å². The molecular weight excluding hydrogens is 230 g/mol. The first-order valence-electron chi connectivity index (χ1n) is 6.17. The number of pyridine rings is 1. The summed E-state index contributed by atoms with van der Waals surface area (Å²) in [5.41, 5.74) is 1.30. The Bertz CT molecular complexity index is 382. The summed E-state index contributed by atoms with van der Waals surface area (Å²) in [6, 6.07) is 3.73. The molecule has 5 heteroatoms. The molecule has 1 amide bonds. The van der Waals surface area contributed by atoms with Crippen molar-refractivity contribution in [3.05, 3.63) is 24.0 Å². The van der Waals surface area contributed by atoms with Crippen LogP contribution >= 0.6 is 0 Å². The molecule has 0 radical (unpaired) electrons. The lowest BCUT2D eigenvalue weighted by molar-refractivity contribution is 0.0934. The lowest BCUT2D eigenvalue weighted by Crippen LogP contribution is -2.32. The number of carbonyl (C=O) groups excluding carboxylic acids is 1. The molecule has 1 atom stereocenters. The average molecular weight is 251 g/mol. The van der Waals surface area contributed by atoms with E-state index in [9.17, 15) is 4.79 Å². The molecule has 0 spiro atoms. The van der Waals surface area contributed by atoms with Crippen LogP contribution in [0.4, 0.5) is 5.69 Å². The van der Waals surface area contributed by atoms with Crippen molar-refractivity contribution in [2.24, 2.45) is 0 Å². The van der Waals surface area contributed by atoms with E-state index in [0.29, 0.717) is 18.8 Å². The molecule has 0 aliphatic carbocycles. The summed E-state index contributed by atoms with van der Waals surface area (Å²) in [6.45, 7) is 5.32. The molecule has 0 saturated heterocycles. The molecule has 1 rings (SSSR count). The van der Waals surface area contributed by atoms with Crippen molar-refractivity contribution in [1.82, 2.24) is 10.3 Å². The summed E-state index contributed by atoms with van der Waals surface area (Å²) < 4.78 is 4.95. The van der Waals surface area contributed by atoms with Crippen LogP contribution < -0.4 is 10.6 Å². The van der Waals surface area contributed by atoms with Crippen LogP contribution in [0.15, 0.2) is 18.3 Å². The van der Waals surface area contributed by atoms with Gasteiger partial charge in [-0.3, -0.25) is 9.78 Å². The van der Waals surface area contributed by atoms with Gasteiger partial charge in [0.25, 0.3) is 5.91 Å². The van der Waals surface area contributed by atoms with Gasteiger partial charge < -0.3 is 15.4 Å². The van der Waals surface area contributed by atoms with Crippen molar-refractivity contribution in [3.63, 3.8) is 0 Å². The summed E-state index contributed by atoms with van der Waals surface area (Å²) in [5, 5.41) is 6.05. The largest absolute Gasteiger partial charge is 0.383 e.